The van der Waals surface area contributed by atoms with Crippen LogP contribution in [0.2, 0.25) is 0 Å². The van der Waals surface area contributed by atoms with Crippen LogP contribution in [0.25, 0.3) is 0 Å². The molecule has 1 N–H and O–H groups in total. The van der Waals surface area contributed by atoms with Gasteiger partial charge in [0, 0.05) is 31.7 Å². The second-order valence-electron chi connectivity index (χ2n) is 7.50. The van der Waals surface area contributed by atoms with Crippen LogP contribution in [-0.4, -0.2) is 55.4 Å². The van der Waals surface area contributed by atoms with E-state index in [2.05, 4.69) is 12.2 Å². The minimum atomic E-state index is -3.51. The van der Waals surface area contributed by atoms with Gasteiger partial charge in [-0.1, -0.05) is 17.7 Å². The largest absolute Gasteiger partial charge is 0.334 e. The summed E-state index contributed by atoms with van der Waals surface area (Å²) >= 11 is 0. The zero-order chi connectivity index (χ0) is 18.7. The normalized spacial score (nSPS) is 25.1. The molecule has 2 fully saturated rings. The van der Waals surface area contributed by atoms with Crippen LogP contribution in [0.3, 0.4) is 0 Å². The van der Waals surface area contributed by atoms with Crippen molar-refractivity contribution in [3.05, 3.63) is 29.8 Å². The number of carbonyl (C=O) groups is 1. The predicted octanol–water partition coefficient (Wildman–Crippen LogP) is 2.73. The first-order chi connectivity index (χ1) is 12.4. The molecule has 2 aliphatic heterocycles. The van der Waals surface area contributed by atoms with Gasteiger partial charge in [0.2, 0.25) is 10.0 Å². The van der Waals surface area contributed by atoms with Crippen LogP contribution in [0, 0.1) is 6.92 Å². The number of aryl methyl sites for hydroxylation is 1. The highest BCUT2D eigenvalue weighted by molar-refractivity contribution is 7.89. The molecule has 0 aliphatic carbocycles. The fourth-order valence-electron chi connectivity index (χ4n) is 3.80. The molecule has 7 heteroatoms. The maximum atomic E-state index is 12.9. The van der Waals surface area contributed by atoms with Crippen LogP contribution in [0.15, 0.2) is 29.2 Å². The molecule has 2 aliphatic rings. The first kappa shape index (κ1) is 19.2. The minimum Gasteiger partial charge on any atom is -0.334 e. The van der Waals surface area contributed by atoms with Crippen molar-refractivity contribution in [2.45, 2.75) is 62.9 Å². The smallest absolute Gasteiger partial charge is 0.317 e. The summed E-state index contributed by atoms with van der Waals surface area (Å²) in [7, 11) is -3.51. The third-order valence-corrected chi connectivity index (χ3v) is 7.31. The molecule has 0 spiro atoms. The van der Waals surface area contributed by atoms with Gasteiger partial charge >= 0.3 is 6.03 Å². The molecule has 2 unspecified atom stereocenters. The Labute approximate surface area is 156 Å². The molecule has 0 aromatic heterocycles. The van der Waals surface area contributed by atoms with Crippen LogP contribution < -0.4 is 5.32 Å². The first-order valence-corrected chi connectivity index (χ1v) is 11.0. The Balaban J connectivity index is 1.65. The molecule has 3 rings (SSSR count). The van der Waals surface area contributed by atoms with Gasteiger partial charge in [-0.25, -0.2) is 13.2 Å². The highest BCUT2D eigenvalue weighted by atomic mass is 32.2. The van der Waals surface area contributed by atoms with Crippen LogP contribution in [0.4, 0.5) is 4.79 Å². The molecule has 0 radical (unpaired) electrons. The van der Waals surface area contributed by atoms with Gasteiger partial charge in [0.05, 0.1) is 4.90 Å². The summed E-state index contributed by atoms with van der Waals surface area (Å²) in [5.41, 5.74) is 1.03. The Morgan fingerprint density at radius 1 is 1.08 bits per heavy atom. The molecule has 1 aromatic carbocycles. The molecule has 2 atom stereocenters. The molecular formula is C19H29N3O3S. The number of amides is 2. The zero-order valence-electron chi connectivity index (χ0n) is 15.6. The second kappa shape index (κ2) is 7.96. The van der Waals surface area contributed by atoms with Crippen molar-refractivity contribution < 1.29 is 13.2 Å². The number of carbonyl (C=O) groups excluding carboxylic acids is 1. The summed E-state index contributed by atoms with van der Waals surface area (Å²) in [6.45, 7) is 5.64. The Morgan fingerprint density at radius 3 is 2.50 bits per heavy atom. The van der Waals surface area contributed by atoms with Crippen LogP contribution in [0.5, 0.6) is 0 Å². The van der Waals surface area contributed by atoms with Gasteiger partial charge in [-0.3, -0.25) is 0 Å². The van der Waals surface area contributed by atoms with Gasteiger partial charge in [-0.05, 0) is 58.1 Å². The zero-order valence-corrected chi connectivity index (χ0v) is 16.5. The number of hydrogen-bond donors (Lipinski definition) is 1. The Morgan fingerprint density at radius 2 is 1.81 bits per heavy atom. The SMILES string of the molecule is Cc1ccc(S(=O)(=O)N2CCCC(NC(=O)N3CCCCC3C)C2)cc1. The second-order valence-corrected chi connectivity index (χ2v) is 9.44. The van der Waals surface area contributed by atoms with E-state index in [0.29, 0.717) is 18.0 Å². The van der Waals surface area contributed by atoms with Gasteiger partial charge in [0.15, 0.2) is 0 Å². The van der Waals surface area contributed by atoms with Gasteiger partial charge in [0.1, 0.15) is 0 Å². The summed E-state index contributed by atoms with van der Waals surface area (Å²) < 4.78 is 27.3. The number of urea groups is 1. The van der Waals surface area contributed by atoms with Gasteiger partial charge in [-0.15, -0.1) is 0 Å². The third kappa shape index (κ3) is 4.20. The highest BCUT2D eigenvalue weighted by Crippen LogP contribution is 2.22. The Bertz CT molecular complexity index is 733. The number of rotatable bonds is 3. The van der Waals surface area contributed by atoms with Crippen molar-refractivity contribution in [2.24, 2.45) is 0 Å². The number of hydrogen-bond acceptors (Lipinski definition) is 3. The number of benzene rings is 1. The summed E-state index contributed by atoms with van der Waals surface area (Å²) in [6.07, 6.45) is 4.80. The van der Waals surface area contributed by atoms with Crippen molar-refractivity contribution >= 4 is 16.1 Å². The lowest BCUT2D eigenvalue weighted by atomic mass is 10.0. The molecule has 2 amide bonds. The lowest BCUT2D eigenvalue weighted by Gasteiger charge is -2.37. The number of sulfonamides is 1. The van der Waals surface area contributed by atoms with E-state index in [4.69, 9.17) is 0 Å². The monoisotopic (exact) mass is 379 g/mol. The van der Waals surface area contributed by atoms with Crippen molar-refractivity contribution in [1.82, 2.24) is 14.5 Å². The molecule has 6 nitrogen and oxygen atoms in total. The topological polar surface area (TPSA) is 69.7 Å². The molecule has 0 saturated carbocycles. The maximum Gasteiger partial charge on any atom is 0.317 e. The van der Waals surface area contributed by atoms with Crippen LogP contribution in [-0.2, 0) is 10.0 Å². The number of nitrogens with zero attached hydrogens (tertiary/aromatic N) is 2. The van der Waals surface area contributed by atoms with Gasteiger partial charge in [0.25, 0.3) is 0 Å². The van der Waals surface area contributed by atoms with Crippen LogP contribution in [0.1, 0.15) is 44.6 Å². The Hall–Kier alpha value is -1.60. The van der Waals surface area contributed by atoms with Crippen molar-refractivity contribution in [3.8, 4) is 0 Å². The number of nitrogens with one attached hydrogen (secondary N) is 1. The van der Waals surface area contributed by atoms with E-state index < -0.39 is 10.0 Å². The maximum absolute atomic E-state index is 12.9. The fraction of sp³-hybridized carbons (Fsp3) is 0.632. The molecule has 0 bridgehead atoms. The standard InChI is InChI=1S/C19H29N3O3S/c1-15-8-10-18(11-9-15)26(24,25)21-12-5-7-17(14-21)20-19(23)22-13-4-3-6-16(22)2/h8-11,16-17H,3-7,12-14H2,1-2H3,(H,20,23). The molecule has 2 saturated heterocycles. The van der Waals surface area contributed by atoms with Crippen molar-refractivity contribution in [1.29, 1.82) is 0 Å². The quantitative estimate of drug-likeness (QED) is 0.878. The average molecular weight is 380 g/mol. The van der Waals surface area contributed by atoms with Crippen molar-refractivity contribution in [2.75, 3.05) is 19.6 Å². The van der Waals surface area contributed by atoms with Gasteiger partial charge < -0.3 is 10.2 Å². The lowest BCUT2D eigenvalue weighted by molar-refractivity contribution is 0.150. The van der Waals surface area contributed by atoms with Crippen LogP contribution >= 0.6 is 0 Å². The minimum absolute atomic E-state index is 0.0585. The van der Waals surface area contributed by atoms with Gasteiger partial charge in [-0.2, -0.15) is 4.31 Å². The summed E-state index contributed by atoms with van der Waals surface area (Å²) in [6, 6.07) is 6.99. The number of piperidine rings is 2. The predicted molar refractivity (Wildman–Crippen MR) is 102 cm³/mol. The molecule has 144 valence electrons. The molecular weight excluding hydrogens is 350 g/mol. The van der Waals surface area contributed by atoms with Crippen molar-refractivity contribution in [3.63, 3.8) is 0 Å². The van der Waals surface area contributed by atoms with E-state index in [1.54, 1.807) is 12.1 Å². The first-order valence-electron chi connectivity index (χ1n) is 9.52. The number of likely N-dealkylation sites (tertiary alicyclic amines) is 1. The van der Waals surface area contributed by atoms with E-state index in [1.165, 1.54) is 4.31 Å². The van der Waals surface area contributed by atoms with E-state index in [0.717, 1.165) is 44.2 Å². The van der Waals surface area contributed by atoms with E-state index >= 15 is 0 Å². The fourth-order valence-corrected chi connectivity index (χ4v) is 5.32. The Kier molecular flexibility index (Phi) is 5.87. The summed E-state index contributed by atoms with van der Waals surface area (Å²) in [4.78, 5) is 14.8. The van der Waals surface area contributed by atoms with E-state index in [9.17, 15) is 13.2 Å². The third-order valence-electron chi connectivity index (χ3n) is 5.43. The molecule has 26 heavy (non-hydrogen) atoms. The van der Waals surface area contributed by atoms with E-state index in [-0.39, 0.29) is 18.1 Å². The molecule has 2 heterocycles. The lowest BCUT2D eigenvalue weighted by Crippen LogP contribution is -2.55. The summed E-state index contributed by atoms with van der Waals surface area (Å²) in [5, 5.41) is 3.06. The average Bonchev–Trinajstić information content (AvgIpc) is 2.62. The van der Waals surface area contributed by atoms with E-state index in [1.807, 2.05) is 24.0 Å². The highest BCUT2D eigenvalue weighted by Gasteiger charge is 2.32. The molecule has 1 aromatic rings. The summed E-state index contributed by atoms with van der Waals surface area (Å²) in [5.74, 6) is 0.